The van der Waals surface area contributed by atoms with Crippen molar-refractivity contribution in [1.82, 2.24) is 4.57 Å². The Morgan fingerprint density at radius 1 is 0.306 bits per heavy atom. The number of nitrogens with zero attached hydrogens (tertiary/aromatic N) is 2. The summed E-state index contributed by atoms with van der Waals surface area (Å²) < 4.78 is 2.38. The fraction of sp³-hybridized carbons (Fsp3) is 0.0333. The standard InChI is InChI=1S/C60H42N2/c1-3-15-41(16-4-1)45-35-47(43-27-31-51(32-28-43)61-57-23-11-7-19-53(57)54-20-8-12-24-58(54)61)39-49(37-45)50-38-46(42-17-5-2-6-18-42)36-48(40-50)44-29-33-52(34-30-44)62-59-25-13-9-21-55(59)56-22-10-14-26-60(56)62/h1-40,53,57H. The second-order valence-electron chi connectivity index (χ2n) is 16.5. The minimum atomic E-state index is 0.271. The Morgan fingerprint density at radius 3 is 1.24 bits per heavy atom. The zero-order valence-electron chi connectivity index (χ0n) is 34.1. The highest BCUT2D eigenvalue weighted by Gasteiger charge is 2.37. The molecule has 12 rings (SSSR count). The van der Waals surface area contributed by atoms with Gasteiger partial charge in [-0.15, -0.1) is 0 Å². The van der Waals surface area contributed by atoms with E-state index in [9.17, 15) is 0 Å². The third kappa shape index (κ3) is 6.19. The Kier molecular flexibility index (Phi) is 8.67. The van der Waals surface area contributed by atoms with Crippen LogP contribution in [0.15, 0.2) is 243 Å². The Labute approximate surface area is 362 Å². The van der Waals surface area contributed by atoms with E-state index in [4.69, 9.17) is 0 Å². The Balaban J connectivity index is 0.965. The summed E-state index contributed by atoms with van der Waals surface area (Å²) >= 11 is 0. The molecular formula is C60H42N2. The number of anilines is 2. The molecule has 2 aliphatic rings. The fourth-order valence-electron chi connectivity index (χ4n) is 9.92. The number of allylic oxidation sites excluding steroid dienone is 2. The fourth-order valence-corrected chi connectivity index (χ4v) is 9.92. The van der Waals surface area contributed by atoms with Gasteiger partial charge in [0.05, 0.1) is 17.1 Å². The van der Waals surface area contributed by atoms with Gasteiger partial charge in [0.15, 0.2) is 0 Å². The first kappa shape index (κ1) is 36.0. The van der Waals surface area contributed by atoms with Gasteiger partial charge in [0, 0.05) is 33.8 Å². The molecule has 9 aromatic carbocycles. The molecule has 0 bridgehead atoms. The normalized spacial score (nSPS) is 15.3. The molecule has 0 saturated heterocycles. The van der Waals surface area contributed by atoms with Crippen LogP contribution in [0.1, 0.15) is 11.5 Å². The molecule has 2 unspecified atom stereocenters. The van der Waals surface area contributed by atoms with E-state index in [1.807, 2.05) is 0 Å². The molecule has 1 aliphatic heterocycles. The van der Waals surface area contributed by atoms with Gasteiger partial charge in [0.25, 0.3) is 0 Å². The largest absolute Gasteiger partial charge is 0.333 e. The average Bonchev–Trinajstić information content (AvgIpc) is 3.87. The molecule has 10 aromatic rings. The van der Waals surface area contributed by atoms with E-state index < -0.39 is 0 Å². The molecule has 2 heterocycles. The molecule has 2 heteroatoms. The Hall–Kier alpha value is -7.94. The summed E-state index contributed by atoms with van der Waals surface area (Å²) in [5.41, 5.74) is 19.3. The molecule has 0 saturated carbocycles. The maximum atomic E-state index is 2.50. The predicted octanol–water partition coefficient (Wildman–Crippen LogP) is 15.8. The quantitative estimate of drug-likeness (QED) is 0.156. The number of rotatable bonds is 7. The van der Waals surface area contributed by atoms with Gasteiger partial charge in [-0.3, -0.25) is 0 Å². The van der Waals surface area contributed by atoms with Crippen molar-refractivity contribution in [2.45, 2.75) is 12.0 Å². The molecule has 1 aliphatic carbocycles. The minimum absolute atomic E-state index is 0.271. The number of hydrogen-bond donors (Lipinski definition) is 0. The zero-order chi connectivity index (χ0) is 41.0. The Morgan fingerprint density at radius 2 is 0.710 bits per heavy atom. The van der Waals surface area contributed by atoms with E-state index >= 15 is 0 Å². The molecule has 0 spiro atoms. The van der Waals surface area contributed by atoms with Crippen molar-refractivity contribution >= 4 is 33.2 Å². The SMILES string of the molecule is C1=CC2c3ccccc3N(c3ccc(-c4cc(-c5ccccc5)cc(-c5cc(-c6ccccc6)cc(-c6ccc(-n7c8ccccc8c8ccccc87)cc6)c5)c4)cc3)C2C=C1. The average molecular weight is 791 g/mol. The summed E-state index contributed by atoms with van der Waals surface area (Å²) in [6.45, 7) is 0. The van der Waals surface area contributed by atoms with Gasteiger partial charge in [-0.05, 0) is 140 Å². The summed E-state index contributed by atoms with van der Waals surface area (Å²) in [6, 6.07) is 80.5. The van der Waals surface area contributed by atoms with Crippen LogP contribution in [0.3, 0.4) is 0 Å². The summed E-state index contributed by atoms with van der Waals surface area (Å²) in [6.07, 6.45) is 9.05. The van der Waals surface area contributed by atoms with Crippen molar-refractivity contribution in [3.8, 4) is 61.3 Å². The molecule has 0 radical (unpaired) electrons. The molecule has 62 heavy (non-hydrogen) atoms. The minimum Gasteiger partial charge on any atom is -0.333 e. The second kappa shape index (κ2) is 15.0. The van der Waals surface area contributed by atoms with Crippen molar-refractivity contribution in [2.75, 3.05) is 4.90 Å². The monoisotopic (exact) mass is 790 g/mol. The molecule has 292 valence electrons. The van der Waals surface area contributed by atoms with Crippen LogP contribution in [-0.2, 0) is 0 Å². The van der Waals surface area contributed by atoms with Gasteiger partial charge in [0.2, 0.25) is 0 Å². The van der Waals surface area contributed by atoms with E-state index in [0.29, 0.717) is 5.92 Å². The van der Waals surface area contributed by atoms with Crippen molar-refractivity contribution in [2.24, 2.45) is 0 Å². The lowest BCUT2D eigenvalue weighted by Crippen LogP contribution is -2.28. The number of aromatic nitrogens is 1. The van der Waals surface area contributed by atoms with E-state index in [1.54, 1.807) is 0 Å². The van der Waals surface area contributed by atoms with E-state index in [-0.39, 0.29) is 6.04 Å². The molecule has 0 fully saturated rings. The summed E-state index contributed by atoms with van der Waals surface area (Å²) in [5.74, 6) is 0.357. The summed E-state index contributed by atoms with van der Waals surface area (Å²) in [7, 11) is 0. The van der Waals surface area contributed by atoms with Crippen LogP contribution in [0, 0.1) is 0 Å². The van der Waals surface area contributed by atoms with Crippen LogP contribution in [0.4, 0.5) is 11.4 Å². The van der Waals surface area contributed by atoms with E-state index in [0.717, 1.165) is 5.69 Å². The van der Waals surface area contributed by atoms with Gasteiger partial charge in [-0.2, -0.15) is 0 Å². The summed E-state index contributed by atoms with van der Waals surface area (Å²) in [5, 5.41) is 2.54. The van der Waals surface area contributed by atoms with Crippen molar-refractivity contribution in [3.05, 3.63) is 248 Å². The zero-order valence-corrected chi connectivity index (χ0v) is 34.1. The van der Waals surface area contributed by atoms with Gasteiger partial charge >= 0.3 is 0 Å². The Bertz CT molecular complexity index is 3280. The van der Waals surface area contributed by atoms with Crippen molar-refractivity contribution in [3.63, 3.8) is 0 Å². The molecule has 0 N–H and O–H groups in total. The first-order valence-electron chi connectivity index (χ1n) is 21.6. The van der Waals surface area contributed by atoms with Gasteiger partial charge in [-0.1, -0.05) is 164 Å². The van der Waals surface area contributed by atoms with Crippen LogP contribution in [0.5, 0.6) is 0 Å². The lowest BCUT2D eigenvalue weighted by molar-refractivity contribution is 0.745. The first-order chi connectivity index (χ1) is 30.7. The van der Waals surface area contributed by atoms with E-state index in [1.165, 1.54) is 94.4 Å². The summed E-state index contributed by atoms with van der Waals surface area (Å²) in [4.78, 5) is 2.50. The highest BCUT2D eigenvalue weighted by molar-refractivity contribution is 6.09. The van der Waals surface area contributed by atoms with Crippen molar-refractivity contribution in [1.29, 1.82) is 0 Å². The second-order valence-corrected chi connectivity index (χ2v) is 16.5. The number of para-hydroxylation sites is 3. The van der Waals surface area contributed by atoms with Gasteiger partial charge < -0.3 is 9.47 Å². The maximum Gasteiger partial charge on any atom is 0.0629 e. The third-order valence-electron chi connectivity index (χ3n) is 12.9. The van der Waals surface area contributed by atoms with E-state index in [2.05, 4.69) is 252 Å². The topological polar surface area (TPSA) is 8.17 Å². The van der Waals surface area contributed by atoms with Crippen LogP contribution >= 0.6 is 0 Å². The van der Waals surface area contributed by atoms with Crippen LogP contribution in [0.2, 0.25) is 0 Å². The van der Waals surface area contributed by atoms with Gasteiger partial charge in [0.1, 0.15) is 0 Å². The smallest absolute Gasteiger partial charge is 0.0629 e. The van der Waals surface area contributed by atoms with Crippen LogP contribution in [0.25, 0.3) is 83.1 Å². The molecule has 2 atom stereocenters. The number of hydrogen-bond acceptors (Lipinski definition) is 1. The predicted molar refractivity (Wildman–Crippen MR) is 261 cm³/mol. The van der Waals surface area contributed by atoms with Crippen molar-refractivity contribution < 1.29 is 0 Å². The molecular weight excluding hydrogens is 749 g/mol. The molecule has 2 nitrogen and oxygen atoms in total. The number of fused-ring (bicyclic) bond motifs is 6. The van der Waals surface area contributed by atoms with Crippen LogP contribution < -0.4 is 4.90 Å². The number of benzene rings is 9. The highest BCUT2D eigenvalue weighted by atomic mass is 15.2. The maximum absolute atomic E-state index is 2.50. The molecule has 0 amide bonds. The lowest BCUT2D eigenvalue weighted by Gasteiger charge is -2.28. The van der Waals surface area contributed by atoms with Gasteiger partial charge in [-0.25, -0.2) is 0 Å². The first-order valence-corrected chi connectivity index (χ1v) is 21.6. The lowest BCUT2D eigenvalue weighted by atomic mass is 9.90. The molecule has 1 aromatic heterocycles. The van der Waals surface area contributed by atoms with Crippen LogP contribution in [-0.4, -0.2) is 10.6 Å². The third-order valence-corrected chi connectivity index (χ3v) is 12.9. The highest BCUT2D eigenvalue weighted by Crippen LogP contribution is 2.48.